The average Bonchev–Trinajstić information content (AvgIpc) is 1.62. The Morgan fingerprint density at radius 1 is 0.357 bits per heavy atom. The number of nitriles is 3. The van der Waals surface area contributed by atoms with E-state index in [4.69, 9.17) is 37.9 Å². The van der Waals surface area contributed by atoms with Gasteiger partial charge >= 0.3 is 125 Å². The molecule has 7 N–H and O–H groups in total. The van der Waals surface area contributed by atoms with Gasteiger partial charge in [0.25, 0.3) is 0 Å². The topological polar surface area (TPSA) is 222 Å². The molecule has 25 rings (SSSR count). The fourth-order valence-electron chi connectivity index (χ4n) is 23.9. The van der Waals surface area contributed by atoms with Gasteiger partial charge in [0.2, 0.25) is 0 Å². The Morgan fingerprint density at radius 2 is 0.643 bits per heavy atom. The summed E-state index contributed by atoms with van der Waals surface area (Å²) in [6, 6.07) is 95.7. The second-order valence-corrected chi connectivity index (χ2v) is 42.0. The number of oxime groups is 1. The van der Waals surface area contributed by atoms with Crippen LogP contribution in [0.2, 0.25) is 0 Å². The van der Waals surface area contributed by atoms with Gasteiger partial charge in [0.1, 0.15) is 5.84 Å². The number of nitrogens with two attached hydrogens (primary N) is 2. The van der Waals surface area contributed by atoms with Crippen molar-refractivity contribution < 1.29 is 9.91 Å². The molecule has 0 saturated heterocycles. The zero-order valence-electron chi connectivity index (χ0n) is 81.4. The maximum absolute atomic E-state index is 10.8. The molecule has 5 fully saturated rings. The normalized spacial score (nSPS) is 21.2. The molecule has 5 aliphatic heterocycles. The quantitative estimate of drug-likeness (QED) is 0.0226. The molecule has 5 aliphatic carbocycles. The molecule has 10 unspecified atom stereocenters. The van der Waals surface area contributed by atoms with Crippen LogP contribution >= 0.6 is 0 Å². The van der Waals surface area contributed by atoms with Gasteiger partial charge in [-0.3, -0.25) is 5.41 Å². The summed E-state index contributed by atoms with van der Waals surface area (Å²) in [4.78, 5) is 9.41. The number of likely N-dealkylation sites (N-methyl/N-ethyl adjacent to an activating group) is 3. The minimum Gasteiger partial charge on any atom is -0.312 e. The molecule has 5 saturated carbocycles. The van der Waals surface area contributed by atoms with Crippen LogP contribution in [0.15, 0.2) is 248 Å². The minimum absolute atomic E-state index is 0. The van der Waals surface area contributed by atoms with Crippen molar-refractivity contribution in [2.45, 2.75) is 198 Å². The Bertz CT molecular complexity index is 7620. The standard InChI is InChI=1S/C25H23BN2O.C25H27N3O.C25H27N3.C25H24N2.C24H22N2.CH4/c1-16-8-22(11-19-3-2-17(13-27)9-23(16)19)25-12-24(25)20-4-5-21-14-28(15-26-29)7-6-18(21)10-20;1-15-9-21(11-17-3-5-19(12-22(15)17)25(26)27-29)24-13-23(24)18-4-6-20-14-28(2)8-7-16(20)10-18;1-15-9-21(11-17-3-5-19(25(26)27)12-22(15)17)24-13-23(24)18-4-6-20-14-28(2)8-7-16(20)10-18;1-16-9-22(12-19-4-3-17(14-26)10-23(16)19)25-13-24(25)20-5-6-21-15-27(2)8-7-18(21)11-20;1-15-8-21(11-18-3-2-16(13-25)9-22(15)18)24-12-23(24)19-4-5-20-14-26-7-6-17(20)10-19;/h2-5,8-11,24-25H,6-7,12,14-15H2,1H3;3-6,9-12,23-24,29H,7-8,13-14H2,1-2H3,(H2,26,27);3-6,9-12,23-24H,7-8,13-14H2,1-2H3,(H3,26,27);3-6,9-12,24-25H,7-8,13,15H2,1-2H3;2-5,8-11,23-24,26H,6-7,12,14H2,1H3;1H4. The smallest absolute Gasteiger partial charge is 0.312 e. The number of fused-ring (bicyclic) bond motifs is 10. The number of amidine groups is 2. The third-order valence-electron chi connectivity index (χ3n) is 32.3. The van der Waals surface area contributed by atoms with Gasteiger partial charge in [-0.1, -0.05) is 176 Å². The molecule has 140 heavy (non-hydrogen) atoms. The Morgan fingerprint density at radius 3 is 0.964 bits per heavy atom. The predicted octanol–water partition coefficient (Wildman–Crippen LogP) is 24.7. The molecule has 0 aromatic heterocycles. The summed E-state index contributed by atoms with van der Waals surface area (Å²) >= 11 is 0. The number of nitrogens with zero attached hydrogens (tertiary/aromatic N) is 8. The molecule has 5 heterocycles. The molecular weight excluding hydrogens is 1710 g/mol. The molecule has 15 aromatic carbocycles. The third-order valence-corrected chi connectivity index (χ3v) is 32.3. The van der Waals surface area contributed by atoms with Gasteiger partial charge < -0.3 is 36.7 Å². The van der Waals surface area contributed by atoms with Crippen molar-refractivity contribution >= 4 is 72.7 Å². The van der Waals surface area contributed by atoms with E-state index < -0.39 is 0 Å². The minimum atomic E-state index is 0. The molecule has 0 amide bonds. The van der Waals surface area contributed by atoms with E-state index in [9.17, 15) is 4.70 Å². The first-order valence-electron chi connectivity index (χ1n) is 50.3. The summed E-state index contributed by atoms with van der Waals surface area (Å²) in [5.74, 6) is 6.56. The second kappa shape index (κ2) is 39.6. The van der Waals surface area contributed by atoms with Crippen molar-refractivity contribution in [2.75, 3.05) is 60.3 Å². The first kappa shape index (κ1) is 94.1. The van der Waals surface area contributed by atoms with E-state index in [0.29, 0.717) is 65.6 Å². The summed E-state index contributed by atoms with van der Waals surface area (Å²) < 4.78 is 10.8. The van der Waals surface area contributed by atoms with Gasteiger partial charge in [0, 0.05) is 56.9 Å². The van der Waals surface area contributed by atoms with E-state index in [1.165, 1.54) is 228 Å². The van der Waals surface area contributed by atoms with Crippen LogP contribution in [0, 0.1) is 74.0 Å². The molecule has 0 spiro atoms. The van der Waals surface area contributed by atoms with Gasteiger partial charge in [-0.25, -0.2) is 0 Å². The monoisotopic (exact) mass is 1840 g/mol. The zero-order chi connectivity index (χ0) is 95.7. The summed E-state index contributed by atoms with van der Waals surface area (Å²) in [6.07, 6.45) is 12.4. The maximum atomic E-state index is 10.8. The fourth-order valence-corrected chi connectivity index (χ4v) is 23.9. The molecule has 702 valence electrons. The van der Waals surface area contributed by atoms with Crippen molar-refractivity contribution in [3.05, 3.63) is 410 Å². The van der Waals surface area contributed by atoms with Crippen LogP contribution in [0.3, 0.4) is 0 Å². The van der Waals surface area contributed by atoms with Gasteiger partial charge in [-0.05, 0) is 369 Å². The van der Waals surface area contributed by atoms with Crippen LogP contribution in [0.1, 0.15) is 266 Å². The Kier molecular flexibility index (Phi) is 26.6. The van der Waals surface area contributed by atoms with E-state index in [1.807, 2.05) is 60.7 Å². The summed E-state index contributed by atoms with van der Waals surface area (Å²) in [6.45, 7) is 21.5. The average molecular weight is 1840 g/mol. The van der Waals surface area contributed by atoms with Gasteiger partial charge in [0.05, 0.1) is 34.9 Å². The van der Waals surface area contributed by atoms with Crippen LogP contribution in [0.5, 0.6) is 0 Å². The van der Waals surface area contributed by atoms with Crippen molar-refractivity contribution in [1.29, 1.82) is 21.2 Å². The number of hydrogen-bond donors (Lipinski definition) is 5. The van der Waals surface area contributed by atoms with E-state index in [-0.39, 0.29) is 19.1 Å². The molecule has 10 atom stereocenters. The molecule has 0 radical (unpaired) electrons. The van der Waals surface area contributed by atoms with E-state index >= 15 is 0 Å². The summed E-state index contributed by atoms with van der Waals surface area (Å²) in [7, 11) is 7.61. The van der Waals surface area contributed by atoms with E-state index in [0.717, 1.165) is 119 Å². The number of nitrogen functional groups attached to an aromatic ring is 1. The molecule has 14 nitrogen and oxygen atoms in total. The second-order valence-electron chi connectivity index (χ2n) is 42.0. The fraction of sp³-hybridized carbons (Fsp3) is 0.320. The molecule has 15 aromatic rings. The summed E-state index contributed by atoms with van der Waals surface area (Å²) in [5, 5.41) is 62.8. The van der Waals surface area contributed by atoms with Crippen molar-refractivity contribution in [1.82, 2.24) is 24.9 Å². The van der Waals surface area contributed by atoms with Crippen molar-refractivity contribution in [3.8, 4) is 18.2 Å². The van der Waals surface area contributed by atoms with Gasteiger partial charge in [0.15, 0.2) is 5.84 Å². The molecular formula is C125H127BN12O2. The zero-order valence-corrected chi connectivity index (χ0v) is 81.4. The third kappa shape index (κ3) is 19.9. The van der Waals surface area contributed by atoms with Crippen LogP contribution in [-0.4, -0.2) is 104 Å². The Hall–Kier alpha value is -13.5. The van der Waals surface area contributed by atoms with Gasteiger partial charge in [-0.2, -0.15) is 15.8 Å². The van der Waals surface area contributed by atoms with Crippen LogP contribution in [-0.2, 0) is 69.5 Å². The van der Waals surface area contributed by atoms with Gasteiger partial charge in [-0.15, -0.1) is 0 Å². The number of aryl methyl sites for hydroxylation is 5. The summed E-state index contributed by atoms with van der Waals surface area (Å²) in [5.41, 5.74) is 51.1. The Labute approximate surface area is 826 Å². The first-order valence-corrected chi connectivity index (χ1v) is 50.3. The van der Waals surface area contributed by atoms with Crippen molar-refractivity contribution in [2.24, 2.45) is 16.6 Å². The van der Waals surface area contributed by atoms with E-state index in [1.54, 1.807) is 11.1 Å². The molecule has 15 heteroatoms. The van der Waals surface area contributed by atoms with Crippen LogP contribution in [0.25, 0.3) is 53.9 Å². The Balaban J connectivity index is 0.000000107. The van der Waals surface area contributed by atoms with Crippen LogP contribution in [0.4, 0.5) is 0 Å². The molecule has 10 aliphatic rings. The number of benzene rings is 15. The first-order chi connectivity index (χ1) is 67.5. The van der Waals surface area contributed by atoms with Crippen molar-refractivity contribution in [3.63, 3.8) is 0 Å². The van der Waals surface area contributed by atoms with E-state index in [2.05, 4.69) is 286 Å². The predicted molar refractivity (Wildman–Crippen MR) is 571 cm³/mol. The number of hydrogen-bond acceptors (Lipinski definition) is 12. The number of nitrogens with one attached hydrogen (secondary N) is 2. The molecule has 0 bridgehead atoms. The SMILES string of the molecule is C.Cc1cc(C2CC2c2ccc3c(c2)CCN(C)C3)cc2ccc(/C(N)=N/O)cc12.Cc1cc(C2CC2c2ccc3c(c2)CCN(C)C3)cc2ccc(C#N)cc12.Cc1cc(C2CC2c2ccc3c(c2)CCN(C)C3)cc2ccc(C(=N)N)cc12.Cc1cc(C2CC2c2ccc3c(c2)CCN(CB=O)C3)cc2ccc(C#N)cc12.Cc1cc(C2CC2c2ccc3c(c2)CCNC3)cc2ccc(C#N)cc12. The van der Waals surface area contributed by atoms with Crippen LogP contribution < -0.4 is 16.8 Å². The number of rotatable bonds is 14.